The van der Waals surface area contributed by atoms with Crippen LogP contribution in [-0.2, 0) is 4.79 Å². The van der Waals surface area contributed by atoms with E-state index in [4.69, 9.17) is 10.5 Å². The van der Waals surface area contributed by atoms with Crippen LogP contribution in [0.25, 0.3) is 0 Å². The molecule has 0 spiro atoms. The molecule has 6 heteroatoms. The van der Waals surface area contributed by atoms with Gasteiger partial charge in [-0.1, -0.05) is 12.1 Å². The summed E-state index contributed by atoms with van der Waals surface area (Å²) in [6.45, 7) is 0.863. The number of benzene rings is 1. The molecule has 0 aromatic heterocycles. The second kappa shape index (κ2) is 3.90. The number of anilines is 1. The summed E-state index contributed by atoms with van der Waals surface area (Å²) in [5, 5.41) is 0. The fraction of sp³-hybridized carbons (Fsp3) is 0.333. The van der Waals surface area contributed by atoms with E-state index in [0.717, 1.165) is 5.69 Å². The number of nitrogens with zero attached hydrogens (tertiary/aromatic N) is 2. The van der Waals surface area contributed by atoms with E-state index in [9.17, 15) is 9.59 Å². The fourth-order valence-electron chi connectivity index (χ4n) is 2.43. The van der Waals surface area contributed by atoms with E-state index in [0.29, 0.717) is 18.9 Å². The van der Waals surface area contributed by atoms with Gasteiger partial charge in [0, 0.05) is 6.54 Å². The van der Waals surface area contributed by atoms with Gasteiger partial charge >= 0.3 is 6.03 Å². The molecule has 2 heterocycles. The highest BCUT2D eigenvalue weighted by molar-refractivity contribution is 5.98. The zero-order valence-electron chi connectivity index (χ0n) is 9.70. The van der Waals surface area contributed by atoms with E-state index in [1.807, 2.05) is 24.3 Å². The van der Waals surface area contributed by atoms with E-state index in [1.54, 1.807) is 4.90 Å². The lowest BCUT2D eigenvalue weighted by atomic mass is 10.2. The second-order valence-electron chi connectivity index (χ2n) is 4.43. The van der Waals surface area contributed by atoms with Gasteiger partial charge in [-0.25, -0.2) is 4.79 Å². The Labute approximate surface area is 104 Å². The van der Waals surface area contributed by atoms with Crippen molar-refractivity contribution in [2.24, 2.45) is 5.73 Å². The number of amides is 3. The van der Waals surface area contributed by atoms with Gasteiger partial charge in [-0.05, 0) is 12.1 Å². The predicted molar refractivity (Wildman–Crippen MR) is 64.4 cm³/mol. The number of hydrogen-bond donors (Lipinski definition) is 1. The molecule has 2 N–H and O–H groups in total. The molecule has 2 aliphatic heterocycles. The minimum atomic E-state index is -0.502. The van der Waals surface area contributed by atoms with Crippen LogP contribution in [0.1, 0.15) is 0 Å². The molecular formula is C12H13N3O3. The Bertz CT molecular complexity index is 517. The van der Waals surface area contributed by atoms with Crippen molar-refractivity contribution in [3.63, 3.8) is 0 Å². The molecule has 0 bridgehead atoms. The molecule has 1 saturated heterocycles. The van der Waals surface area contributed by atoms with Crippen LogP contribution in [0.4, 0.5) is 10.5 Å². The normalized spacial score (nSPS) is 21.3. The van der Waals surface area contributed by atoms with E-state index in [-0.39, 0.29) is 18.6 Å². The number of ether oxygens (including phenoxy) is 1. The molecule has 94 valence electrons. The minimum absolute atomic E-state index is 0.0476. The van der Waals surface area contributed by atoms with Crippen molar-refractivity contribution in [3.05, 3.63) is 24.3 Å². The third kappa shape index (κ3) is 1.57. The van der Waals surface area contributed by atoms with E-state index in [2.05, 4.69) is 0 Å². The predicted octanol–water partition coefficient (Wildman–Crippen LogP) is 0.175. The van der Waals surface area contributed by atoms with Crippen molar-refractivity contribution in [2.45, 2.75) is 6.04 Å². The van der Waals surface area contributed by atoms with Crippen LogP contribution >= 0.6 is 0 Å². The van der Waals surface area contributed by atoms with E-state index in [1.165, 1.54) is 4.90 Å². The highest BCUT2D eigenvalue weighted by atomic mass is 16.5. The summed E-state index contributed by atoms with van der Waals surface area (Å²) in [5.74, 6) is 0.195. The molecule has 18 heavy (non-hydrogen) atoms. The van der Waals surface area contributed by atoms with Gasteiger partial charge < -0.3 is 15.4 Å². The maximum atomic E-state index is 12.2. The van der Waals surface area contributed by atoms with Crippen molar-refractivity contribution in [1.82, 2.24) is 4.90 Å². The van der Waals surface area contributed by atoms with Crippen LogP contribution in [0.5, 0.6) is 5.75 Å². The Morgan fingerprint density at radius 1 is 1.44 bits per heavy atom. The number of nitrogens with two attached hydrogens (primary N) is 1. The minimum Gasteiger partial charge on any atom is -0.489 e. The first-order chi connectivity index (χ1) is 8.66. The Morgan fingerprint density at radius 3 is 3.00 bits per heavy atom. The molecule has 0 saturated carbocycles. The number of carbonyl (C=O) groups excluding carboxylic acids is 2. The van der Waals surface area contributed by atoms with E-state index < -0.39 is 5.91 Å². The zero-order chi connectivity index (χ0) is 12.7. The molecule has 2 aliphatic rings. The maximum Gasteiger partial charge on any atom is 0.325 e. The first-order valence-corrected chi connectivity index (χ1v) is 5.75. The number of carbonyl (C=O) groups is 2. The van der Waals surface area contributed by atoms with Crippen LogP contribution < -0.4 is 15.4 Å². The van der Waals surface area contributed by atoms with Crippen molar-refractivity contribution in [1.29, 1.82) is 0 Å². The van der Waals surface area contributed by atoms with Gasteiger partial charge in [-0.15, -0.1) is 0 Å². The highest BCUT2D eigenvalue weighted by Crippen LogP contribution is 2.36. The lowest BCUT2D eigenvalue weighted by Crippen LogP contribution is -2.42. The Morgan fingerprint density at radius 2 is 2.22 bits per heavy atom. The highest BCUT2D eigenvalue weighted by Gasteiger charge is 2.42. The summed E-state index contributed by atoms with van der Waals surface area (Å²) in [4.78, 5) is 26.3. The summed E-state index contributed by atoms with van der Waals surface area (Å²) < 4.78 is 5.60. The summed E-state index contributed by atoms with van der Waals surface area (Å²) in [6.07, 6.45) is 0. The topological polar surface area (TPSA) is 75.9 Å². The number of para-hydroxylation sites is 2. The maximum absolute atomic E-state index is 12.2. The summed E-state index contributed by atoms with van der Waals surface area (Å²) >= 11 is 0. The molecule has 1 aromatic rings. The van der Waals surface area contributed by atoms with Gasteiger partial charge in [0.1, 0.15) is 18.9 Å². The largest absolute Gasteiger partial charge is 0.489 e. The van der Waals surface area contributed by atoms with Crippen LogP contribution in [0.3, 0.4) is 0 Å². The van der Waals surface area contributed by atoms with Crippen LogP contribution in [0.15, 0.2) is 24.3 Å². The van der Waals surface area contributed by atoms with Crippen molar-refractivity contribution < 1.29 is 14.3 Å². The molecule has 1 aromatic carbocycles. The van der Waals surface area contributed by atoms with Gasteiger partial charge in [0.2, 0.25) is 5.91 Å². The van der Waals surface area contributed by atoms with Gasteiger partial charge in [-0.3, -0.25) is 9.69 Å². The molecule has 6 nitrogen and oxygen atoms in total. The summed E-state index contributed by atoms with van der Waals surface area (Å²) in [5.41, 5.74) is 5.89. The molecule has 3 amide bonds. The average molecular weight is 247 g/mol. The average Bonchev–Trinajstić information content (AvgIpc) is 2.66. The van der Waals surface area contributed by atoms with Gasteiger partial charge in [0.05, 0.1) is 11.7 Å². The number of primary amides is 1. The SMILES string of the molecule is NC(=O)CN1CC2COc3ccccc3N2C1=O. The van der Waals surface area contributed by atoms with Crippen LogP contribution in [0, 0.1) is 0 Å². The first kappa shape index (κ1) is 10.9. The third-order valence-electron chi connectivity index (χ3n) is 3.18. The van der Waals surface area contributed by atoms with Crippen molar-refractivity contribution >= 4 is 17.6 Å². The molecule has 1 atom stereocenters. The fourth-order valence-corrected chi connectivity index (χ4v) is 2.43. The third-order valence-corrected chi connectivity index (χ3v) is 3.18. The van der Waals surface area contributed by atoms with Gasteiger partial charge in [0.15, 0.2) is 0 Å². The smallest absolute Gasteiger partial charge is 0.325 e. The molecule has 1 unspecified atom stereocenters. The lowest BCUT2D eigenvalue weighted by Gasteiger charge is -2.30. The molecular weight excluding hydrogens is 234 g/mol. The Hall–Kier alpha value is -2.24. The quantitative estimate of drug-likeness (QED) is 0.809. The first-order valence-electron chi connectivity index (χ1n) is 5.75. The van der Waals surface area contributed by atoms with Crippen LogP contribution in [0.2, 0.25) is 0 Å². The van der Waals surface area contributed by atoms with Crippen LogP contribution in [-0.4, -0.2) is 42.6 Å². The molecule has 0 aliphatic carbocycles. The summed E-state index contributed by atoms with van der Waals surface area (Å²) in [6, 6.07) is 7.15. The Balaban J connectivity index is 1.92. The zero-order valence-corrected chi connectivity index (χ0v) is 9.70. The number of hydrogen-bond acceptors (Lipinski definition) is 3. The van der Waals surface area contributed by atoms with E-state index >= 15 is 0 Å². The van der Waals surface area contributed by atoms with Crippen molar-refractivity contribution in [2.75, 3.05) is 24.6 Å². The number of fused-ring (bicyclic) bond motifs is 3. The van der Waals surface area contributed by atoms with Gasteiger partial charge in [-0.2, -0.15) is 0 Å². The number of urea groups is 1. The lowest BCUT2D eigenvalue weighted by molar-refractivity contribution is -0.118. The summed E-state index contributed by atoms with van der Waals surface area (Å²) in [7, 11) is 0. The second-order valence-corrected chi connectivity index (χ2v) is 4.43. The van der Waals surface area contributed by atoms with Gasteiger partial charge in [0.25, 0.3) is 0 Å². The van der Waals surface area contributed by atoms with Crippen molar-refractivity contribution in [3.8, 4) is 5.75 Å². The molecule has 1 fully saturated rings. The monoisotopic (exact) mass is 247 g/mol. The number of rotatable bonds is 2. The molecule has 0 radical (unpaired) electrons. The standard InChI is InChI=1S/C12H13N3O3/c13-11(16)6-14-5-8-7-18-10-4-2-1-3-9(10)15(8)12(14)17/h1-4,8H,5-7H2,(H2,13,16). The molecule has 3 rings (SSSR count). The Kier molecular flexibility index (Phi) is 2.36.